The molecule has 0 aliphatic carbocycles. The number of rotatable bonds is 58. The first kappa shape index (κ1) is 69.4. The molecule has 0 fully saturated rings. The average molecular weight is 1010 g/mol. The van der Waals surface area contributed by atoms with Crippen LogP contribution in [0.4, 0.5) is 0 Å². The maximum atomic E-state index is 12.9. The van der Waals surface area contributed by atoms with Crippen molar-refractivity contribution in [2.75, 3.05) is 13.2 Å². The largest absolute Gasteiger partial charge is 0.462 e. The quantitative estimate of drug-likeness (QED) is 0.0261. The van der Waals surface area contributed by atoms with Gasteiger partial charge in [0.15, 0.2) is 6.10 Å². The average Bonchev–Trinajstić information content (AvgIpc) is 3.38. The molecule has 0 radical (unpaired) electrons. The second-order valence-corrected chi connectivity index (χ2v) is 21.3. The monoisotopic (exact) mass is 1010 g/mol. The Hall–Kier alpha value is -2.63. The number of unbranched alkanes of at least 4 members (excludes halogenated alkanes) is 39. The van der Waals surface area contributed by atoms with Crippen molar-refractivity contribution in [1.82, 2.24) is 0 Å². The van der Waals surface area contributed by atoms with Gasteiger partial charge in [0, 0.05) is 19.3 Å². The van der Waals surface area contributed by atoms with Crippen molar-refractivity contribution in [3.8, 4) is 0 Å². The third-order valence-electron chi connectivity index (χ3n) is 14.1. The van der Waals surface area contributed by atoms with E-state index >= 15 is 0 Å². The van der Waals surface area contributed by atoms with Crippen LogP contribution in [0.25, 0.3) is 0 Å². The van der Waals surface area contributed by atoms with E-state index < -0.39 is 6.10 Å². The molecule has 0 heterocycles. The molecule has 0 bridgehead atoms. The smallest absolute Gasteiger partial charge is 0.306 e. The van der Waals surface area contributed by atoms with Gasteiger partial charge in [-0.3, -0.25) is 14.4 Å². The predicted molar refractivity (Wildman–Crippen MR) is 312 cm³/mol. The van der Waals surface area contributed by atoms with Crippen molar-refractivity contribution < 1.29 is 28.6 Å². The van der Waals surface area contributed by atoms with Crippen LogP contribution in [0.2, 0.25) is 0 Å². The van der Waals surface area contributed by atoms with Gasteiger partial charge in [-0.25, -0.2) is 0 Å². The lowest BCUT2D eigenvalue weighted by molar-refractivity contribution is -0.167. The summed E-state index contributed by atoms with van der Waals surface area (Å²) in [5.41, 5.74) is 0. The second-order valence-electron chi connectivity index (χ2n) is 21.3. The Kier molecular flexibility index (Phi) is 58.7. The normalized spacial score (nSPS) is 12.3. The summed E-state index contributed by atoms with van der Waals surface area (Å²) in [5, 5.41) is 0. The summed E-state index contributed by atoms with van der Waals surface area (Å²) in [7, 11) is 0. The van der Waals surface area contributed by atoms with Crippen molar-refractivity contribution >= 4 is 17.9 Å². The number of carbonyl (C=O) groups is 3. The molecule has 0 aromatic heterocycles. The molecule has 1 unspecified atom stereocenters. The lowest BCUT2D eigenvalue weighted by Gasteiger charge is -2.18. The van der Waals surface area contributed by atoms with Gasteiger partial charge in [-0.2, -0.15) is 0 Å². The van der Waals surface area contributed by atoms with Crippen LogP contribution >= 0.6 is 0 Å². The molecule has 0 aromatic rings. The van der Waals surface area contributed by atoms with Crippen LogP contribution < -0.4 is 0 Å². The van der Waals surface area contributed by atoms with Crippen LogP contribution in [-0.2, 0) is 28.6 Å². The van der Waals surface area contributed by atoms with E-state index in [-0.39, 0.29) is 31.1 Å². The van der Waals surface area contributed by atoms with E-state index in [1.165, 1.54) is 225 Å². The molecule has 420 valence electrons. The molecule has 0 saturated heterocycles. The van der Waals surface area contributed by atoms with Crippen molar-refractivity contribution in [2.24, 2.45) is 0 Å². The third kappa shape index (κ3) is 58.3. The molecule has 6 heteroatoms. The highest BCUT2D eigenvalue weighted by atomic mass is 16.6. The zero-order valence-corrected chi connectivity index (χ0v) is 48.2. The number of hydrogen-bond donors (Lipinski definition) is 0. The highest BCUT2D eigenvalue weighted by molar-refractivity contribution is 5.71. The molecule has 0 aliphatic heterocycles. The lowest BCUT2D eigenvalue weighted by Crippen LogP contribution is -2.30. The summed E-state index contributed by atoms with van der Waals surface area (Å²) < 4.78 is 16.9. The van der Waals surface area contributed by atoms with Gasteiger partial charge in [-0.1, -0.05) is 281 Å². The van der Waals surface area contributed by atoms with Gasteiger partial charge in [0.1, 0.15) is 13.2 Å². The lowest BCUT2D eigenvalue weighted by atomic mass is 10.0. The summed E-state index contributed by atoms with van der Waals surface area (Å²) in [6.45, 7) is 6.61. The van der Waals surface area contributed by atoms with E-state index in [9.17, 15) is 14.4 Å². The first-order chi connectivity index (χ1) is 35.5. The maximum Gasteiger partial charge on any atom is 0.306 e. The van der Waals surface area contributed by atoms with Gasteiger partial charge in [0.25, 0.3) is 0 Å². The third-order valence-corrected chi connectivity index (χ3v) is 14.1. The SMILES string of the molecule is CCCCC/C=C\C/C=C\CCCCCCCCCCCC(=O)OC(COC(=O)CCCCCCCCCC)COC(=O)CCCCCCCCCCCCCCCCC/C=C\C/C=C\CCCCCCC. The molecular weight excluding hydrogens is 889 g/mol. The molecule has 0 aromatic carbocycles. The molecule has 0 rings (SSSR count). The fourth-order valence-corrected chi connectivity index (χ4v) is 9.27. The Morgan fingerprint density at radius 1 is 0.278 bits per heavy atom. The number of carbonyl (C=O) groups excluding carboxylic acids is 3. The van der Waals surface area contributed by atoms with E-state index in [4.69, 9.17) is 14.2 Å². The van der Waals surface area contributed by atoms with E-state index in [1.807, 2.05) is 0 Å². The minimum atomic E-state index is -0.772. The summed E-state index contributed by atoms with van der Waals surface area (Å²) in [6.07, 6.45) is 75.6. The fourth-order valence-electron chi connectivity index (χ4n) is 9.27. The van der Waals surface area contributed by atoms with E-state index in [0.717, 1.165) is 70.6 Å². The highest BCUT2D eigenvalue weighted by Gasteiger charge is 2.19. The number of ether oxygens (including phenoxy) is 3. The Morgan fingerprint density at radius 2 is 0.500 bits per heavy atom. The Bertz CT molecular complexity index is 1250. The molecule has 0 N–H and O–H groups in total. The van der Waals surface area contributed by atoms with Gasteiger partial charge >= 0.3 is 17.9 Å². The van der Waals surface area contributed by atoms with Crippen LogP contribution in [0.15, 0.2) is 48.6 Å². The molecule has 0 amide bonds. The number of hydrogen-bond acceptors (Lipinski definition) is 6. The van der Waals surface area contributed by atoms with Crippen LogP contribution in [0, 0.1) is 0 Å². The minimum Gasteiger partial charge on any atom is -0.462 e. The van der Waals surface area contributed by atoms with Gasteiger partial charge in [-0.05, 0) is 83.5 Å². The van der Waals surface area contributed by atoms with E-state index in [0.29, 0.717) is 19.3 Å². The van der Waals surface area contributed by atoms with Crippen LogP contribution in [-0.4, -0.2) is 37.2 Å². The van der Waals surface area contributed by atoms with E-state index in [2.05, 4.69) is 69.4 Å². The predicted octanol–water partition coefficient (Wildman–Crippen LogP) is 21.4. The highest BCUT2D eigenvalue weighted by Crippen LogP contribution is 2.17. The van der Waals surface area contributed by atoms with Crippen LogP contribution in [0.1, 0.15) is 335 Å². The van der Waals surface area contributed by atoms with E-state index in [1.54, 1.807) is 0 Å². The molecule has 1 atom stereocenters. The molecule has 6 nitrogen and oxygen atoms in total. The summed E-state index contributed by atoms with van der Waals surface area (Å²) in [5.74, 6) is -0.863. The van der Waals surface area contributed by atoms with Crippen molar-refractivity contribution in [3.63, 3.8) is 0 Å². The Labute approximate surface area is 448 Å². The van der Waals surface area contributed by atoms with Crippen molar-refractivity contribution in [1.29, 1.82) is 0 Å². The number of allylic oxidation sites excluding steroid dienone is 8. The zero-order valence-electron chi connectivity index (χ0n) is 48.2. The van der Waals surface area contributed by atoms with Gasteiger partial charge in [0.05, 0.1) is 0 Å². The van der Waals surface area contributed by atoms with Gasteiger partial charge in [0.2, 0.25) is 0 Å². The topological polar surface area (TPSA) is 78.9 Å². The zero-order chi connectivity index (χ0) is 52.2. The van der Waals surface area contributed by atoms with Crippen molar-refractivity contribution in [2.45, 2.75) is 341 Å². The minimum absolute atomic E-state index is 0.0713. The van der Waals surface area contributed by atoms with Crippen molar-refractivity contribution in [3.05, 3.63) is 48.6 Å². The van der Waals surface area contributed by atoms with Crippen LogP contribution in [0.3, 0.4) is 0 Å². The molecule has 72 heavy (non-hydrogen) atoms. The molecular formula is C66H120O6. The Balaban J connectivity index is 4.12. The molecule has 0 saturated carbocycles. The molecule has 0 spiro atoms. The fraction of sp³-hybridized carbons (Fsp3) is 0.833. The van der Waals surface area contributed by atoms with Gasteiger partial charge in [-0.15, -0.1) is 0 Å². The first-order valence-electron chi connectivity index (χ1n) is 31.6. The van der Waals surface area contributed by atoms with Crippen LogP contribution in [0.5, 0.6) is 0 Å². The standard InChI is InChI=1S/C66H120O6/c1-4-7-10-13-16-19-21-23-25-27-29-30-31-32-33-34-35-36-38-39-41-43-45-47-50-53-56-59-65(68)71-62-63(61-70-64(67)58-55-52-49-18-15-12-9-6-3)72-66(69)60-57-54-51-48-46-44-42-40-37-28-26-24-22-20-17-14-11-8-5-2/h17,20-21,23-24,26-27,29,63H,4-16,18-19,22,25,28,30-62H2,1-3H3/b20-17-,23-21-,26-24-,29-27-. The number of esters is 3. The summed E-state index contributed by atoms with van der Waals surface area (Å²) in [6, 6.07) is 0. The summed E-state index contributed by atoms with van der Waals surface area (Å²) in [4.78, 5) is 38.1. The summed E-state index contributed by atoms with van der Waals surface area (Å²) >= 11 is 0. The second kappa shape index (κ2) is 60.9. The maximum absolute atomic E-state index is 12.9. The first-order valence-corrected chi connectivity index (χ1v) is 31.6. The Morgan fingerprint density at radius 3 is 0.792 bits per heavy atom. The molecule has 0 aliphatic rings. The van der Waals surface area contributed by atoms with Gasteiger partial charge < -0.3 is 14.2 Å².